The first kappa shape index (κ1) is 6.33. The van der Waals surface area contributed by atoms with Gasteiger partial charge in [0.1, 0.15) is 0 Å². The lowest BCUT2D eigenvalue weighted by atomic mass is 10.0. The van der Waals surface area contributed by atoms with Gasteiger partial charge in [-0.15, -0.1) is 0 Å². The molecule has 1 atom stereocenters. The van der Waals surface area contributed by atoms with Crippen molar-refractivity contribution in [2.45, 2.75) is 13.8 Å². The van der Waals surface area contributed by atoms with Gasteiger partial charge in [0.15, 0.2) is 5.78 Å². The van der Waals surface area contributed by atoms with Crippen molar-refractivity contribution < 1.29 is 9.53 Å². The van der Waals surface area contributed by atoms with Crippen molar-refractivity contribution in [3.8, 4) is 0 Å². The van der Waals surface area contributed by atoms with Crippen molar-refractivity contribution in [3.05, 3.63) is 11.8 Å². The number of ether oxygens (including phenoxy) is 1. The molecule has 50 valence electrons. The van der Waals surface area contributed by atoms with Crippen LogP contribution in [0.25, 0.3) is 0 Å². The predicted molar refractivity (Wildman–Crippen MR) is 33.9 cm³/mol. The second-order valence-corrected chi connectivity index (χ2v) is 2.40. The summed E-state index contributed by atoms with van der Waals surface area (Å²) in [6.45, 7) is 4.19. The van der Waals surface area contributed by atoms with Crippen molar-refractivity contribution >= 4 is 5.78 Å². The molecular formula is C7H10O2. The minimum absolute atomic E-state index is 0.0509. The van der Waals surface area contributed by atoms with E-state index < -0.39 is 0 Å². The molecule has 2 heteroatoms. The fourth-order valence-electron chi connectivity index (χ4n) is 0.840. The lowest BCUT2D eigenvalue weighted by Crippen LogP contribution is -2.21. The number of hydrogen-bond acceptors (Lipinski definition) is 2. The van der Waals surface area contributed by atoms with E-state index in [1.807, 2.05) is 6.92 Å². The fraction of sp³-hybridized carbons (Fsp3) is 0.571. The maximum absolute atomic E-state index is 11.0. The quantitative estimate of drug-likeness (QED) is 0.486. The molecule has 0 bridgehead atoms. The lowest BCUT2D eigenvalue weighted by molar-refractivity contribution is -0.121. The number of hydrogen-bond donors (Lipinski definition) is 0. The highest BCUT2D eigenvalue weighted by Crippen LogP contribution is 2.11. The third kappa shape index (κ3) is 1.12. The highest BCUT2D eigenvalue weighted by Gasteiger charge is 2.18. The van der Waals surface area contributed by atoms with Gasteiger partial charge in [-0.1, -0.05) is 6.92 Å². The van der Waals surface area contributed by atoms with Gasteiger partial charge in [0, 0.05) is 5.57 Å². The summed E-state index contributed by atoms with van der Waals surface area (Å²) >= 11 is 0. The van der Waals surface area contributed by atoms with Gasteiger partial charge in [0.2, 0.25) is 0 Å². The Morgan fingerprint density at radius 2 is 2.44 bits per heavy atom. The summed E-state index contributed by atoms with van der Waals surface area (Å²) < 4.78 is 4.98. The van der Waals surface area contributed by atoms with Crippen LogP contribution in [0.3, 0.4) is 0 Å². The molecule has 1 aliphatic heterocycles. The summed E-state index contributed by atoms with van der Waals surface area (Å²) in [6, 6.07) is 0. The largest absolute Gasteiger partial charge is 0.500 e. The Bertz CT molecular complexity index is 158. The molecular weight excluding hydrogens is 116 g/mol. The molecule has 9 heavy (non-hydrogen) atoms. The smallest absolute Gasteiger partial charge is 0.167 e. The van der Waals surface area contributed by atoms with Gasteiger partial charge in [0.25, 0.3) is 0 Å². The Kier molecular flexibility index (Phi) is 1.56. The van der Waals surface area contributed by atoms with Crippen molar-refractivity contribution in [1.29, 1.82) is 0 Å². The molecule has 0 aromatic heterocycles. The topological polar surface area (TPSA) is 26.3 Å². The highest BCUT2D eigenvalue weighted by atomic mass is 16.5. The van der Waals surface area contributed by atoms with Gasteiger partial charge in [-0.2, -0.15) is 0 Å². The van der Waals surface area contributed by atoms with E-state index >= 15 is 0 Å². The first-order valence-corrected chi connectivity index (χ1v) is 3.04. The molecule has 1 unspecified atom stereocenters. The molecule has 1 aliphatic rings. The van der Waals surface area contributed by atoms with Crippen LogP contribution in [0, 0.1) is 5.92 Å². The maximum Gasteiger partial charge on any atom is 0.167 e. The van der Waals surface area contributed by atoms with E-state index in [2.05, 4.69) is 0 Å². The van der Waals surface area contributed by atoms with Crippen LogP contribution in [0.15, 0.2) is 11.8 Å². The number of ketones is 1. The zero-order valence-corrected chi connectivity index (χ0v) is 5.68. The summed E-state index contributed by atoms with van der Waals surface area (Å²) in [7, 11) is 0. The molecule has 0 aliphatic carbocycles. The summed E-state index contributed by atoms with van der Waals surface area (Å²) in [5, 5.41) is 0. The molecule has 0 spiro atoms. The van der Waals surface area contributed by atoms with Crippen molar-refractivity contribution in [1.82, 2.24) is 0 Å². The van der Waals surface area contributed by atoms with Crippen LogP contribution in [0.4, 0.5) is 0 Å². The molecule has 0 aromatic rings. The SMILES string of the molecule is CC1=COCC(C)C1=O. The molecule has 0 fully saturated rings. The lowest BCUT2D eigenvalue weighted by Gasteiger charge is -2.15. The summed E-state index contributed by atoms with van der Waals surface area (Å²) in [5.41, 5.74) is 0.730. The van der Waals surface area contributed by atoms with Crippen LogP contribution in [0.5, 0.6) is 0 Å². The van der Waals surface area contributed by atoms with E-state index in [9.17, 15) is 4.79 Å². The van der Waals surface area contributed by atoms with E-state index in [1.54, 1.807) is 6.92 Å². The van der Waals surface area contributed by atoms with Crippen molar-refractivity contribution in [2.75, 3.05) is 6.61 Å². The average Bonchev–Trinajstić information content (AvgIpc) is 1.83. The zero-order valence-electron chi connectivity index (χ0n) is 5.68. The zero-order chi connectivity index (χ0) is 6.85. The summed E-state index contributed by atoms with van der Waals surface area (Å²) in [6.07, 6.45) is 1.53. The Morgan fingerprint density at radius 1 is 1.78 bits per heavy atom. The molecule has 1 rings (SSSR count). The number of Topliss-reactive ketones (excluding diaryl/α,β-unsaturated/α-hetero) is 1. The van der Waals surface area contributed by atoms with Gasteiger partial charge in [0.05, 0.1) is 18.8 Å². The molecule has 0 saturated heterocycles. The van der Waals surface area contributed by atoms with Crippen LogP contribution in [-0.2, 0) is 9.53 Å². The molecule has 0 radical (unpaired) electrons. The first-order chi connectivity index (χ1) is 4.22. The van der Waals surface area contributed by atoms with Gasteiger partial charge < -0.3 is 4.74 Å². The van der Waals surface area contributed by atoms with Gasteiger partial charge in [-0.05, 0) is 6.92 Å². The first-order valence-electron chi connectivity index (χ1n) is 3.04. The third-order valence-corrected chi connectivity index (χ3v) is 1.44. The molecule has 2 nitrogen and oxygen atoms in total. The van der Waals surface area contributed by atoms with Gasteiger partial charge in [-0.25, -0.2) is 0 Å². The standard InChI is InChI=1S/C7H10O2/c1-5-3-9-4-6(2)7(5)8/h3,6H,4H2,1-2H3. The van der Waals surface area contributed by atoms with Crippen LogP contribution < -0.4 is 0 Å². The molecule has 0 saturated carbocycles. The maximum atomic E-state index is 11.0. The molecule has 0 amide bonds. The molecule has 0 N–H and O–H groups in total. The molecule has 1 heterocycles. The van der Waals surface area contributed by atoms with Crippen LogP contribution in [0.2, 0.25) is 0 Å². The van der Waals surface area contributed by atoms with Gasteiger partial charge >= 0.3 is 0 Å². The number of carbonyl (C=O) groups is 1. The van der Waals surface area contributed by atoms with Crippen LogP contribution in [0.1, 0.15) is 13.8 Å². The predicted octanol–water partition coefficient (Wildman–Crippen LogP) is 1.13. The van der Waals surface area contributed by atoms with Crippen molar-refractivity contribution in [2.24, 2.45) is 5.92 Å². The van der Waals surface area contributed by atoms with E-state index in [0.717, 1.165) is 5.57 Å². The average molecular weight is 126 g/mol. The van der Waals surface area contributed by atoms with Gasteiger partial charge in [-0.3, -0.25) is 4.79 Å². The minimum Gasteiger partial charge on any atom is -0.500 e. The normalized spacial score (nSPS) is 27.1. The number of rotatable bonds is 0. The van der Waals surface area contributed by atoms with E-state index in [1.165, 1.54) is 6.26 Å². The van der Waals surface area contributed by atoms with E-state index in [0.29, 0.717) is 6.61 Å². The molecule has 0 aromatic carbocycles. The highest BCUT2D eigenvalue weighted by molar-refractivity contribution is 5.96. The Morgan fingerprint density at radius 3 is 2.89 bits per heavy atom. The Labute approximate surface area is 54.5 Å². The van der Waals surface area contributed by atoms with Crippen molar-refractivity contribution in [3.63, 3.8) is 0 Å². The van der Waals surface area contributed by atoms with E-state index in [-0.39, 0.29) is 11.7 Å². The number of allylic oxidation sites excluding steroid dienone is 1. The third-order valence-electron chi connectivity index (χ3n) is 1.44. The van der Waals surface area contributed by atoms with E-state index in [4.69, 9.17) is 4.74 Å². The van der Waals surface area contributed by atoms with Crippen LogP contribution >= 0.6 is 0 Å². The second-order valence-electron chi connectivity index (χ2n) is 2.40. The number of carbonyl (C=O) groups excluding carboxylic acids is 1. The summed E-state index contributed by atoms with van der Waals surface area (Å²) in [5.74, 6) is 0.260. The Balaban J connectivity index is 2.74. The monoisotopic (exact) mass is 126 g/mol. The second kappa shape index (κ2) is 2.21. The fourth-order valence-corrected chi connectivity index (χ4v) is 0.840. The minimum atomic E-state index is 0.0509. The van der Waals surface area contributed by atoms with Crippen LogP contribution in [-0.4, -0.2) is 12.4 Å². The summed E-state index contributed by atoms with van der Waals surface area (Å²) in [4.78, 5) is 11.0. The Hall–Kier alpha value is -0.790.